The first-order valence-corrected chi connectivity index (χ1v) is 8.06. The Morgan fingerprint density at radius 3 is 2.65 bits per heavy atom. The first kappa shape index (κ1) is 15.2. The van der Waals surface area contributed by atoms with Crippen molar-refractivity contribution in [1.82, 2.24) is 0 Å². The van der Waals surface area contributed by atoms with Gasteiger partial charge in [-0.05, 0) is 43.1 Å². The minimum Gasteiger partial charge on any atom is -0.381 e. The van der Waals surface area contributed by atoms with Crippen molar-refractivity contribution < 1.29 is 4.92 Å². The fraction of sp³-hybridized carbons (Fsp3) is 0.600. The van der Waals surface area contributed by atoms with Crippen LogP contribution in [0.15, 0.2) is 12.1 Å². The summed E-state index contributed by atoms with van der Waals surface area (Å²) in [6.07, 6.45) is 1.19. The smallest absolute Gasteiger partial charge is 0.272 e. The number of aryl methyl sites for hydroxylation is 2. The predicted octanol–water partition coefficient (Wildman–Crippen LogP) is 4.16. The molecule has 1 fully saturated rings. The zero-order chi connectivity index (χ0) is 14.9. The minimum atomic E-state index is -0.313. The van der Waals surface area contributed by atoms with Gasteiger partial charge in [-0.1, -0.05) is 13.8 Å². The van der Waals surface area contributed by atoms with Gasteiger partial charge in [0, 0.05) is 29.1 Å². The zero-order valence-electron chi connectivity index (χ0n) is 12.5. The molecule has 1 heterocycles. The molecule has 0 radical (unpaired) electrons. The molecule has 20 heavy (non-hydrogen) atoms. The standard InChI is InChI=1S/C15H22N2O2S/c1-10-8-13(17(18)19)11(2)7-12(10)16-14-9-20-6-5-15(14,3)4/h7-8,14,16H,5-6,9H2,1-4H3. The molecule has 0 spiro atoms. The molecular weight excluding hydrogens is 272 g/mol. The molecule has 0 bridgehead atoms. The monoisotopic (exact) mass is 294 g/mol. The number of nitrogens with one attached hydrogen (secondary N) is 1. The van der Waals surface area contributed by atoms with Crippen LogP contribution in [0.5, 0.6) is 0 Å². The van der Waals surface area contributed by atoms with Crippen LogP contribution >= 0.6 is 11.8 Å². The first-order chi connectivity index (χ1) is 9.31. The summed E-state index contributed by atoms with van der Waals surface area (Å²) >= 11 is 1.97. The van der Waals surface area contributed by atoms with Crippen LogP contribution in [0.1, 0.15) is 31.4 Å². The van der Waals surface area contributed by atoms with Crippen molar-refractivity contribution in [2.24, 2.45) is 5.41 Å². The molecule has 1 unspecified atom stereocenters. The average Bonchev–Trinajstić information content (AvgIpc) is 2.35. The number of nitro benzene ring substituents is 1. The van der Waals surface area contributed by atoms with Crippen molar-refractivity contribution in [2.45, 2.75) is 40.2 Å². The molecule has 1 saturated heterocycles. The summed E-state index contributed by atoms with van der Waals surface area (Å²) in [5.41, 5.74) is 3.13. The van der Waals surface area contributed by atoms with Gasteiger partial charge in [-0.25, -0.2) is 0 Å². The summed E-state index contributed by atoms with van der Waals surface area (Å²) in [5, 5.41) is 14.6. The lowest BCUT2D eigenvalue weighted by molar-refractivity contribution is -0.385. The van der Waals surface area contributed by atoms with Crippen LogP contribution in [0.3, 0.4) is 0 Å². The largest absolute Gasteiger partial charge is 0.381 e. The van der Waals surface area contributed by atoms with Gasteiger partial charge in [-0.3, -0.25) is 10.1 Å². The first-order valence-electron chi connectivity index (χ1n) is 6.91. The van der Waals surface area contributed by atoms with Crippen molar-refractivity contribution in [3.05, 3.63) is 33.4 Å². The van der Waals surface area contributed by atoms with E-state index in [1.165, 1.54) is 12.2 Å². The number of anilines is 1. The number of nitrogens with zero attached hydrogens (tertiary/aromatic N) is 1. The second-order valence-corrected chi connectivity index (χ2v) is 7.37. The number of hydrogen-bond acceptors (Lipinski definition) is 4. The van der Waals surface area contributed by atoms with Gasteiger partial charge in [0.25, 0.3) is 5.69 Å². The average molecular weight is 294 g/mol. The molecule has 1 aliphatic heterocycles. The Morgan fingerprint density at radius 2 is 2.05 bits per heavy atom. The van der Waals surface area contributed by atoms with Crippen LogP contribution in [0, 0.1) is 29.4 Å². The van der Waals surface area contributed by atoms with Crippen LogP contribution in [-0.2, 0) is 0 Å². The van der Waals surface area contributed by atoms with E-state index < -0.39 is 0 Å². The maximum Gasteiger partial charge on any atom is 0.272 e. The maximum absolute atomic E-state index is 11.0. The van der Waals surface area contributed by atoms with Gasteiger partial charge in [0.2, 0.25) is 0 Å². The van der Waals surface area contributed by atoms with Gasteiger partial charge in [0.1, 0.15) is 0 Å². The minimum absolute atomic E-state index is 0.199. The van der Waals surface area contributed by atoms with Gasteiger partial charge in [0.15, 0.2) is 0 Å². The quantitative estimate of drug-likeness (QED) is 0.672. The van der Waals surface area contributed by atoms with Crippen LogP contribution in [0.4, 0.5) is 11.4 Å². The fourth-order valence-electron chi connectivity index (χ4n) is 2.51. The van der Waals surface area contributed by atoms with Crippen LogP contribution in [0.25, 0.3) is 0 Å². The Labute approximate surface area is 124 Å². The number of benzene rings is 1. The topological polar surface area (TPSA) is 55.2 Å². The molecule has 1 N–H and O–H groups in total. The molecule has 1 atom stereocenters. The molecule has 1 aromatic rings. The van der Waals surface area contributed by atoms with Gasteiger partial charge >= 0.3 is 0 Å². The molecular formula is C15H22N2O2S. The van der Waals surface area contributed by atoms with Crippen molar-refractivity contribution in [3.8, 4) is 0 Å². The summed E-state index contributed by atoms with van der Waals surface area (Å²) in [7, 11) is 0. The van der Waals surface area contributed by atoms with Crippen molar-refractivity contribution in [2.75, 3.05) is 16.8 Å². The van der Waals surface area contributed by atoms with E-state index in [-0.39, 0.29) is 16.0 Å². The summed E-state index contributed by atoms with van der Waals surface area (Å²) in [6.45, 7) is 8.30. The van der Waals surface area contributed by atoms with Gasteiger partial charge in [-0.2, -0.15) is 11.8 Å². The molecule has 0 amide bonds. The Hall–Kier alpha value is -1.23. The van der Waals surface area contributed by atoms with Gasteiger partial charge in [0.05, 0.1) is 4.92 Å². The Balaban J connectivity index is 2.25. The van der Waals surface area contributed by atoms with E-state index in [4.69, 9.17) is 0 Å². The maximum atomic E-state index is 11.0. The summed E-state index contributed by atoms with van der Waals surface area (Å²) in [5.74, 6) is 2.30. The summed E-state index contributed by atoms with van der Waals surface area (Å²) < 4.78 is 0. The molecule has 5 heteroatoms. The van der Waals surface area contributed by atoms with Crippen LogP contribution in [-0.4, -0.2) is 22.5 Å². The van der Waals surface area contributed by atoms with Crippen LogP contribution in [0.2, 0.25) is 0 Å². The second kappa shape index (κ2) is 5.64. The molecule has 2 rings (SSSR count). The molecule has 0 aliphatic carbocycles. The molecule has 1 aromatic carbocycles. The Kier molecular flexibility index (Phi) is 4.28. The van der Waals surface area contributed by atoms with Crippen molar-refractivity contribution in [3.63, 3.8) is 0 Å². The normalized spacial score (nSPS) is 21.5. The van der Waals surface area contributed by atoms with E-state index in [1.54, 1.807) is 13.0 Å². The van der Waals surface area contributed by atoms with E-state index in [2.05, 4.69) is 19.2 Å². The Bertz CT molecular complexity index is 529. The highest BCUT2D eigenvalue weighted by molar-refractivity contribution is 7.99. The highest BCUT2D eigenvalue weighted by Crippen LogP contribution is 2.37. The molecule has 0 aromatic heterocycles. The van der Waals surface area contributed by atoms with Crippen molar-refractivity contribution in [1.29, 1.82) is 0 Å². The third-order valence-electron chi connectivity index (χ3n) is 4.19. The van der Waals surface area contributed by atoms with E-state index in [1.807, 2.05) is 24.8 Å². The number of nitro groups is 1. The highest BCUT2D eigenvalue weighted by Gasteiger charge is 2.32. The zero-order valence-corrected chi connectivity index (χ0v) is 13.3. The summed E-state index contributed by atoms with van der Waals surface area (Å²) in [6, 6.07) is 3.98. The Morgan fingerprint density at radius 1 is 1.35 bits per heavy atom. The number of rotatable bonds is 3. The highest BCUT2D eigenvalue weighted by atomic mass is 32.2. The lowest BCUT2D eigenvalue weighted by Crippen LogP contribution is -2.41. The third-order valence-corrected chi connectivity index (χ3v) is 5.25. The second-order valence-electron chi connectivity index (χ2n) is 6.22. The van der Waals surface area contributed by atoms with E-state index >= 15 is 0 Å². The molecule has 0 saturated carbocycles. The van der Waals surface area contributed by atoms with E-state index in [0.717, 1.165) is 17.0 Å². The van der Waals surface area contributed by atoms with E-state index in [0.29, 0.717) is 11.6 Å². The summed E-state index contributed by atoms with van der Waals surface area (Å²) in [4.78, 5) is 10.6. The molecule has 4 nitrogen and oxygen atoms in total. The molecule has 110 valence electrons. The van der Waals surface area contributed by atoms with E-state index in [9.17, 15) is 10.1 Å². The lowest BCUT2D eigenvalue weighted by atomic mass is 9.82. The molecule has 1 aliphatic rings. The number of thioether (sulfide) groups is 1. The van der Waals surface area contributed by atoms with Gasteiger partial charge in [-0.15, -0.1) is 0 Å². The number of hydrogen-bond donors (Lipinski definition) is 1. The third kappa shape index (κ3) is 3.08. The predicted molar refractivity (Wildman–Crippen MR) is 85.7 cm³/mol. The lowest BCUT2D eigenvalue weighted by Gasteiger charge is -2.39. The SMILES string of the molecule is Cc1cc([N+](=O)[O-])c(C)cc1NC1CSCCC1(C)C. The van der Waals surface area contributed by atoms with Crippen LogP contribution < -0.4 is 5.32 Å². The fourth-order valence-corrected chi connectivity index (χ4v) is 4.12. The van der Waals surface area contributed by atoms with Gasteiger partial charge < -0.3 is 5.32 Å². The van der Waals surface area contributed by atoms with Crippen molar-refractivity contribution >= 4 is 23.1 Å².